The Morgan fingerprint density at radius 3 is 2.58 bits per heavy atom. The number of hydrogen-bond donors (Lipinski definition) is 0. The number of nitrogens with zero attached hydrogens (tertiary/aromatic N) is 1. The van der Waals surface area contributed by atoms with Gasteiger partial charge in [-0.1, -0.05) is 12.1 Å². The SMILES string of the molecule is CN(CC=O)C(=O)CC1(c2ccc(F)cc2)C2CCC3CCC4CC1C342. The molecular weight excluding hydrogens is 329 g/mol. The van der Waals surface area contributed by atoms with Crippen LogP contribution in [0.15, 0.2) is 24.3 Å². The first kappa shape index (κ1) is 16.5. The molecule has 1 spiro atoms. The number of benzene rings is 1. The van der Waals surface area contributed by atoms with Gasteiger partial charge in [-0.15, -0.1) is 0 Å². The van der Waals surface area contributed by atoms with Crippen molar-refractivity contribution in [3.8, 4) is 0 Å². The van der Waals surface area contributed by atoms with E-state index in [0.29, 0.717) is 23.7 Å². The summed E-state index contributed by atoms with van der Waals surface area (Å²) in [6, 6.07) is 6.90. The molecule has 1 aromatic rings. The molecule has 0 N–H and O–H groups in total. The summed E-state index contributed by atoms with van der Waals surface area (Å²) in [5.41, 5.74) is 1.45. The van der Waals surface area contributed by atoms with Gasteiger partial charge in [-0.25, -0.2) is 4.39 Å². The van der Waals surface area contributed by atoms with Crippen LogP contribution in [0.2, 0.25) is 0 Å². The third kappa shape index (κ3) is 1.74. The van der Waals surface area contributed by atoms with Crippen LogP contribution in [0.5, 0.6) is 0 Å². The summed E-state index contributed by atoms with van der Waals surface area (Å²) >= 11 is 0. The monoisotopic (exact) mass is 355 g/mol. The molecule has 0 radical (unpaired) electrons. The standard InChI is InChI=1S/C22H26FNO2/c1-24(10-11-25)20(26)13-21(14-4-7-17(23)8-5-14)18-9-6-15-2-3-16-12-19(21)22(15,16)18/h4-5,7-8,11,15-16,18-19H,2-3,6,9-10,12-13H2,1H3. The van der Waals surface area contributed by atoms with Crippen LogP contribution in [0, 0.1) is 34.9 Å². The molecule has 3 nitrogen and oxygen atoms in total. The first-order chi connectivity index (χ1) is 12.5. The maximum absolute atomic E-state index is 13.6. The average molecular weight is 355 g/mol. The molecule has 0 heterocycles. The van der Waals surface area contributed by atoms with E-state index in [1.54, 1.807) is 24.1 Å². The molecule has 6 unspecified atom stereocenters. The predicted octanol–water partition coefficient (Wildman–Crippen LogP) is 3.57. The quantitative estimate of drug-likeness (QED) is 0.757. The van der Waals surface area contributed by atoms with Crippen LogP contribution < -0.4 is 0 Å². The van der Waals surface area contributed by atoms with Crippen LogP contribution in [-0.2, 0) is 15.0 Å². The fourth-order valence-electron chi connectivity index (χ4n) is 7.90. The van der Waals surface area contributed by atoms with Crippen molar-refractivity contribution in [2.24, 2.45) is 29.1 Å². The number of likely N-dealkylation sites (N-methyl/N-ethyl adjacent to an activating group) is 1. The molecule has 4 fully saturated rings. The molecule has 0 saturated heterocycles. The van der Waals surface area contributed by atoms with E-state index < -0.39 is 0 Å². The molecule has 1 amide bonds. The van der Waals surface area contributed by atoms with Gasteiger partial charge in [0.05, 0.1) is 6.54 Å². The van der Waals surface area contributed by atoms with E-state index in [-0.39, 0.29) is 23.7 Å². The number of halogens is 1. The number of hydrogen-bond acceptors (Lipinski definition) is 2. The summed E-state index contributed by atoms with van der Waals surface area (Å²) in [5, 5.41) is 0. The number of carbonyl (C=O) groups is 2. The van der Waals surface area contributed by atoms with Gasteiger partial charge in [0.2, 0.25) is 5.91 Å². The molecule has 4 saturated carbocycles. The molecule has 1 aromatic carbocycles. The minimum Gasteiger partial charge on any atom is -0.339 e. The van der Waals surface area contributed by atoms with Crippen LogP contribution >= 0.6 is 0 Å². The Bertz CT molecular complexity index is 762. The normalized spacial score (nSPS) is 41.6. The lowest BCUT2D eigenvalue weighted by molar-refractivity contribution is -0.252. The van der Waals surface area contributed by atoms with Crippen LogP contribution in [0.4, 0.5) is 4.39 Å². The first-order valence-electron chi connectivity index (χ1n) is 9.98. The van der Waals surface area contributed by atoms with Crippen molar-refractivity contribution in [3.05, 3.63) is 35.6 Å². The van der Waals surface area contributed by atoms with Crippen molar-refractivity contribution in [1.82, 2.24) is 4.90 Å². The zero-order valence-corrected chi connectivity index (χ0v) is 15.3. The lowest BCUT2D eigenvalue weighted by Gasteiger charge is -2.76. The summed E-state index contributed by atoms with van der Waals surface area (Å²) in [6.45, 7) is 0.143. The van der Waals surface area contributed by atoms with Gasteiger partial charge in [-0.2, -0.15) is 0 Å². The number of aldehydes is 1. The van der Waals surface area contributed by atoms with Crippen LogP contribution in [-0.4, -0.2) is 30.7 Å². The maximum atomic E-state index is 13.6. The van der Waals surface area contributed by atoms with E-state index in [2.05, 4.69) is 0 Å². The van der Waals surface area contributed by atoms with Crippen molar-refractivity contribution >= 4 is 12.2 Å². The van der Waals surface area contributed by atoms with E-state index >= 15 is 0 Å². The zero-order chi connectivity index (χ0) is 18.1. The minimum atomic E-state index is -0.223. The van der Waals surface area contributed by atoms with Crippen molar-refractivity contribution < 1.29 is 14.0 Å². The number of rotatable bonds is 5. The molecule has 4 aliphatic rings. The summed E-state index contributed by atoms with van der Waals surface area (Å²) in [4.78, 5) is 25.3. The molecule has 4 aliphatic carbocycles. The summed E-state index contributed by atoms with van der Waals surface area (Å²) < 4.78 is 13.6. The van der Waals surface area contributed by atoms with Gasteiger partial charge in [0.25, 0.3) is 0 Å². The highest BCUT2D eigenvalue weighted by Gasteiger charge is 2.83. The topological polar surface area (TPSA) is 37.4 Å². The maximum Gasteiger partial charge on any atom is 0.223 e. The molecule has 5 rings (SSSR count). The van der Waals surface area contributed by atoms with E-state index in [4.69, 9.17) is 0 Å². The van der Waals surface area contributed by atoms with Gasteiger partial charge in [0, 0.05) is 18.9 Å². The highest BCUT2D eigenvalue weighted by molar-refractivity contribution is 5.80. The molecular formula is C22H26FNO2. The van der Waals surface area contributed by atoms with Crippen LogP contribution in [0.3, 0.4) is 0 Å². The van der Waals surface area contributed by atoms with Crippen molar-refractivity contribution in [1.29, 1.82) is 0 Å². The van der Waals surface area contributed by atoms with Gasteiger partial charge in [0.15, 0.2) is 0 Å². The Balaban J connectivity index is 1.54. The smallest absolute Gasteiger partial charge is 0.223 e. The highest BCUT2D eigenvalue weighted by atomic mass is 19.1. The largest absolute Gasteiger partial charge is 0.339 e. The minimum absolute atomic E-state index is 0.0428. The van der Waals surface area contributed by atoms with Crippen molar-refractivity contribution in [3.63, 3.8) is 0 Å². The van der Waals surface area contributed by atoms with Crippen LogP contribution in [0.25, 0.3) is 0 Å². The van der Waals surface area contributed by atoms with Crippen molar-refractivity contribution in [2.75, 3.05) is 13.6 Å². The molecule has 4 heteroatoms. The highest BCUT2D eigenvalue weighted by Crippen LogP contribution is 2.87. The van der Waals surface area contributed by atoms with E-state index in [9.17, 15) is 14.0 Å². The lowest BCUT2D eigenvalue weighted by Crippen LogP contribution is -2.75. The lowest BCUT2D eigenvalue weighted by atomic mass is 9.27. The Hall–Kier alpha value is -1.71. The number of amides is 1. The Kier molecular flexibility index (Phi) is 3.42. The fraction of sp³-hybridized carbons (Fsp3) is 0.636. The molecule has 26 heavy (non-hydrogen) atoms. The third-order valence-corrected chi connectivity index (χ3v) is 8.65. The van der Waals surface area contributed by atoms with Crippen LogP contribution in [0.1, 0.15) is 44.1 Å². The van der Waals surface area contributed by atoms with E-state index in [0.717, 1.165) is 23.7 Å². The van der Waals surface area contributed by atoms with Gasteiger partial charge < -0.3 is 9.69 Å². The fourth-order valence-corrected chi connectivity index (χ4v) is 7.90. The average Bonchev–Trinajstić information content (AvgIpc) is 3.14. The third-order valence-electron chi connectivity index (χ3n) is 8.65. The van der Waals surface area contributed by atoms with Gasteiger partial charge in [-0.3, -0.25) is 4.79 Å². The molecule has 0 aromatic heterocycles. The Labute approximate surface area is 153 Å². The van der Waals surface area contributed by atoms with Crippen molar-refractivity contribution in [2.45, 2.75) is 43.9 Å². The molecule has 0 aliphatic heterocycles. The second kappa shape index (κ2) is 5.40. The van der Waals surface area contributed by atoms with Gasteiger partial charge in [0.1, 0.15) is 12.1 Å². The zero-order valence-electron chi connectivity index (χ0n) is 15.3. The summed E-state index contributed by atoms with van der Waals surface area (Å²) in [6.07, 6.45) is 7.66. The molecule has 6 atom stereocenters. The van der Waals surface area contributed by atoms with E-state index in [1.807, 2.05) is 12.1 Å². The predicted molar refractivity (Wildman–Crippen MR) is 95.9 cm³/mol. The first-order valence-corrected chi connectivity index (χ1v) is 9.98. The molecule has 138 valence electrons. The number of carbonyl (C=O) groups excluding carboxylic acids is 2. The summed E-state index contributed by atoms with van der Waals surface area (Å²) in [7, 11) is 1.71. The van der Waals surface area contributed by atoms with Gasteiger partial charge in [-0.05, 0) is 78.9 Å². The van der Waals surface area contributed by atoms with E-state index in [1.165, 1.54) is 32.1 Å². The Morgan fingerprint density at radius 2 is 1.85 bits per heavy atom. The second-order valence-corrected chi connectivity index (χ2v) is 9.05. The summed E-state index contributed by atoms with van der Waals surface area (Å²) in [5.74, 6) is 2.61. The second-order valence-electron chi connectivity index (χ2n) is 9.05. The molecule has 0 bridgehead atoms. The van der Waals surface area contributed by atoms with Gasteiger partial charge >= 0.3 is 0 Å². The Morgan fingerprint density at radius 1 is 1.15 bits per heavy atom.